The van der Waals surface area contributed by atoms with Crippen LogP contribution in [0.2, 0.25) is 0 Å². The molecule has 2 aliphatic carbocycles. The Morgan fingerprint density at radius 3 is 2.45 bits per heavy atom. The Morgan fingerprint density at radius 2 is 1.80 bits per heavy atom. The Hall–Kier alpha value is -1.59. The van der Waals surface area contributed by atoms with Crippen LogP contribution >= 0.6 is 0 Å². The Bertz CT molecular complexity index is 393. The first-order valence-electron chi connectivity index (χ1n) is 7.33. The Morgan fingerprint density at radius 1 is 1.10 bits per heavy atom. The summed E-state index contributed by atoms with van der Waals surface area (Å²) in [5.41, 5.74) is 0. The third kappa shape index (κ3) is 4.51. The lowest BCUT2D eigenvalue weighted by atomic mass is 9.86. The minimum Gasteiger partial charge on any atom is -0.455 e. The van der Waals surface area contributed by atoms with Crippen molar-refractivity contribution in [2.75, 3.05) is 6.61 Å². The largest absolute Gasteiger partial charge is 0.455 e. The van der Waals surface area contributed by atoms with Crippen LogP contribution in [0, 0.1) is 11.8 Å². The van der Waals surface area contributed by atoms with Crippen molar-refractivity contribution in [3.63, 3.8) is 0 Å². The highest BCUT2D eigenvalue weighted by atomic mass is 16.5. The van der Waals surface area contributed by atoms with Crippen LogP contribution < -0.4 is 10.6 Å². The van der Waals surface area contributed by atoms with Gasteiger partial charge < -0.3 is 10.1 Å². The Balaban J connectivity index is 1.65. The maximum Gasteiger partial charge on any atom is 0.321 e. The summed E-state index contributed by atoms with van der Waals surface area (Å²) in [6.07, 6.45) is 6.00. The van der Waals surface area contributed by atoms with Crippen molar-refractivity contribution in [1.29, 1.82) is 0 Å². The highest BCUT2D eigenvalue weighted by Gasteiger charge is 2.31. The van der Waals surface area contributed by atoms with Gasteiger partial charge in [-0.25, -0.2) is 4.79 Å². The van der Waals surface area contributed by atoms with E-state index in [9.17, 15) is 14.4 Å². The van der Waals surface area contributed by atoms with E-state index in [-0.39, 0.29) is 24.5 Å². The van der Waals surface area contributed by atoms with Crippen molar-refractivity contribution in [3.8, 4) is 0 Å². The predicted octanol–water partition coefficient (Wildman–Crippen LogP) is 1.34. The van der Waals surface area contributed by atoms with Crippen LogP contribution in [-0.2, 0) is 14.3 Å². The van der Waals surface area contributed by atoms with Crippen molar-refractivity contribution in [3.05, 3.63) is 0 Å². The molecule has 0 spiro atoms. The predicted molar refractivity (Wildman–Crippen MR) is 71.8 cm³/mol. The zero-order chi connectivity index (χ0) is 14.5. The van der Waals surface area contributed by atoms with Gasteiger partial charge in [0.25, 0.3) is 5.91 Å². The van der Waals surface area contributed by atoms with E-state index in [0.29, 0.717) is 5.92 Å². The van der Waals surface area contributed by atoms with Gasteiger partial charge in [0.05, 0.1) is 5.92 Å². The average molecular weight is 282 g/mol. The van der Waals surface area contributed by atoms with E-state index in [4.69, 9.17) is 4.74 Å². The van der Waals surface area contributed by atoms with Gasteiger partial charge in [-0.15, -0.1) is 0 Å². The van der Waals surface area contributed by atoms with Crippen molar-refractivity contribution < 1.29 is 19.1 Å². The van der Waals surface area contributed by atoms with Crippen molar-refractivity contribution in [1.82, 2.24) is 10.6 Å². The summed E-state index contributed by atoms with van der Waals surface area (Å²) in [5, 5.41) is 5.01. The summed E-state index contributed by atoms with van der Waals surface area (Å²) in [6.45, 7) is 1.71. The van der Waals surface area contributed by atoms with Crippen LogP contribution in [0.3, 0.4) is 0 Å². The summed E-state index contributed by atoms with van der Waals surface area (Å²) < 4.78 is 4.81. The summed E-state index contributed by atoms with van der Waals surface area (Å²) in [4.78, 5) is 34.4. The molecule has 2 aliphatic rings. The standard InChI is InChI=1S/C14H22N2O4/c1-9-4-2-3-5-11(9)15-14(19)16-12(17)8-20-13(18)10-6-7-10/h9-11H,2-8H2,1H3,(H2,15,16,17,19)/t9-,11-/m0/s1. The number of urea groups is 1. The summed E-state index contributed by atoms with van der Waals surface area (Å²) in [5.74, 6) is -0.543. The molecule has 6 heteroatoms. The lowest BCUT2D eigenvalue weighted by Gasteiger charge is -2.29. The molecule has 0 radical (unpaired) electrons. The number of imide groups is 1. The van der Waals surface area contributed by atoms with Crippen LogP contribution in [0.4, 0.5) is 4.79 Å². The zero-order valence-electron chi connectivity index (χ0n) is 11.8. The zero-order valence-corrected chi connectivity index (χ0v) is 11.8. The van der Waals surface area contributed by atoms with Gasteiger partial charge in [0, 0.05) is 6.04 Å². The molecule has 0 aromatic rings. The van der Waals surface area contributed by atoms with Crippen LogP contribution in [0.15, 0.2) is 0 Å². The molecule has 0 heterocycles. The van der Waals surface area contributed by atoms with Gasteiger partial charge >= 0.3 is 12.0 Å². The maximum absolute atomic E-state index is 11.7. The molecule has 0 aliphatic heterocycles. The number of nitrogens with one attached hydrogen (secondary N) is 2. The first-order valence-corrected chi connectivity index (χ1v) is 7.33. The molecule has 0 aromatic carbocycles. The number of hydrogen-bond acceptors (Lipinski definition) is 4. The van der Waals surface area contributed by atoms with E-state index in [2.05, 4.69) is 17.6 Å². The quantitative estimate of drug-likeness (QED) is 0.762. The molecule has 20 heavy (non-hydrogen) atoms. The third-order valence-corrected chi connectivity index (χ3v) is 3.94. The topological polar surface area (TPSA) is 84.5 Å². The Kier molecular flexibility index (Phi) is 4.98. The van der Waals surface area contributed by atoms with E-state index >= 15 is 0 Å². The minimum atomic E-state index is -0.583. The van der Waals surface area contributed by atoms with E-state index in [1.165, 1.54) is 6.42 Å². The molecule has 6 nitrogen and oxygen atoms in total. The molecular weight excluding hydrogens is 260 g/mol. The Labute approximate surface area is 118 Å². The van der Waals surface area contributed by atoms with Gasteiger partial charge in [-0.05, 0) is 31.6 Å². The third-order valence-electron chi connectivity index (χ3n) is 3.94. The van der Waals surface area contributed by atoms with Gasteiger partial charge in [0.1, 0.15) is 0 Å². The molecule has 2 saturated carbocycles. The smallest absolute Gasteiger partial charge is 0.321 e. The summed E-state index contributed by atoms with van der Waals surface area (Å²) in [7, 11) is 0. The van der Waals surface area contributed by atoms with Crippen molar-refractivity contribution >= 4 is 17.9 Å². The second-order valence-electron chi connectivity index (χ2n) is 5.77. The van der Waals surface area contributed by atoms with Crippen molar-refractivity contribution in [2.24, 2.45) is 11.8 Å². The lowest BCUT2D eigenvalue weighted by molar-refractivity contribution is -0.149. The molecule has 0 unspecified atom stereocenters. The fourth-order valence-corrected chi connectivity index (χ4v) is 2.47. The van der Waals surface area contributed by atoms with Crippen molar-refractivity contribution in [2.45, 2.75) is 51.5 Å². The monoisotopic (exact) mass is 282 g/mol. The molecule has 0 aromatic heterocycles. The van der Waals surface area contributed by atoms with Gasteiger partial charge in [-0.2, -0.15) is 0 Å². The molecule has 2 fully saturated rings. The van der Waals surface area contributed by atoms with Gasteiger partial charge in [-0.3, -0.25) is 14.9 Å². The summed E-state index contributed by atoms with van der Waals surface area (Å²) >= 11 is 0. The number of hydrogen-bond donors (Lipinski definition) is 2. The van der Waals surface area contributed by atoms with Crippen LogP contribution in [0.25, 0.3) is 0 Å². The van der Waals surface area contributed by atoms with Crippen LogP contribution in [-0.4, -0.2) is 30.6 Å². The van der Waals surface area contributed by atoms with Gasteiger partial charge in [0.15, 0.2) is 6.61 Å². The fraction of sp³-hybridized carbons (Fsp3) is 0.786. The number of rotatable bonds is 4. The number of esters is 1. The van der Waals surface area contributed by atoms with E-state index in [1.54, 1.807) is 0 Å². The minimum absolute atomic E-state index is 0.0419. The molecule has 3 amide bonds. The SMILES string of the molecule is C[C@H]1CCCC[C@@H]1NC(=O)NC(=O)COC(=O)C1CC1. The highest BCUT2D eigenvalue weighted by molar-refractivity contribution is 5.95. The molecule has 0 bridgehead atoms. The first kappa shape index (κ1) is 14.8. The molecule has 2 rings (SSSR count). The van der Waals surface area contributed by atoms with Gasteiger partial charge in [0.2, 0.25) is 0 Å². The van der Waals surface area contributed by atoms with Gasteiger partial charge in [-0.1, -0.05) is 19.8 Å². The molecule has 112 valence electrons. The second-order valence-corrected chi connectivity index (χ2v) is 5.77. The fourth-order valence-electron chi connectivity index (χ4n) is 2.47. The number of amides is 3. The lowest BCUT2D eigenvalue weighted by Crippen LogP contribution is -2.48. The van der Waals surface area contributed by atoms with E-state index in [1.807, 2.05) is 0 Å². The highest BCUT2D eigenvalue weighted by Crippen LogP contribution is 2.29. The van der Waals surface area contributed by atoms with Crippen LogP contribution in [0.1, 0.15) is 45.4 Å². The molecule has 2 atom stereocenters. The van der Waals surface area contributed by atoms with E-state index in [0.717, 1.165) is 32.1 Å². The molecule has 2 N–H and O–H groups in total. The van der Waals surface area contributed by atoms with Crippen LogP contribution in [0.5, 0.6) is 0 Å². The maximum atomic E-state index is 11.7. The normalized spacial score (nSPS) is 25.6. The second kappa shape index (κ2) is 6.72. The molecular formula is C14H22N2O4. The number of carbonyl (C=O) groups is 3. The number of ether oxygens (including phenoxy) is 1. The molecule has 0 saturated heterocycles. The van der Waals surface area contributed by atoms with E-state index < -0.39 is 11.9 Å². The number of carbonyl (C=O) groups excluding carboxylic acids is 3. The first-order chi connectivity index (χ1) is 9.56. The average Bonchev–Trinajstić information content (AvgIpc) is 3.23. The summed E-state index contributed by atoms with van der Waals surface area (Å²) in [6, 6.07) is -0.387.